The molecule has 0 saturated carbocycles. The molecule has 0 radical (unpaired) electrons. The topological polar surface area (TPSA) is 66.9 Å². The van der Waals surface area contributed by atoms with E-state index in [2.05, 4.69) is 26.2 Å². The molecular formula is C19H18ClN5OS. The molecule has 6 nitrogen and oxygen atoms in total. The summed E-state index contributed by atoms with van der Waals surface area (Å²) in [6.07, 6.45) is 4.33. The third-order valence-corrected chi connectivity index (χ3v) is 5.57. The molecule has 0 aliphatic rings. The molecule has 1 N–H and O–H groups in total. The average Bonchev–Trinajstić information content (AvgIpc) is 3.29. The van der Waals surface area contributed by atoms with Crippen LogP contribution in [-0.2, 0) is 17.8 Å². The van der Waals surface area contributed by atoms with E-state index in [0.29, 0.717) is 18.0 Å². The molecule has 0 unspecified atom stereocenters. The third kappa shape index (κ3) is 3.86. The lowest BCUT2D eigenvalue weighted by molar-refractivity contribution is -0.116. The van der Waals surface area contributed by atoms with E-state index in [4.69, 9.17) is 16.4 Å². The summed E-state index contributed by atoms with van der Waals surface area (Å²) in [4.78, 5) is 15.3. The molecule has 3 heterocycles. The highest BCUT2D eigenvalue weighted by atomic mass is 35.5. The van der Waals surface area contributed by atoms with E-state index in [1.54, 1.807) is 29.7 Å². The SMILES string of the molecule is CON(C)Cc1cnc(Cc2[nH]nc3ccc(-c4ncccc4Cl)cc23)s1. The summed E-state index contributed by atoms with van der Waals surface area (Å²) in [5.41, 5.74) is 3.68. The van der Waals surface area contributed by atoms with Gasteiger partial charge in [-0.05, 0) is 24.3 Å². The lowest BCUT2D eigenvalue weighted by Crippen LogP contribution is -2.14. The van der Waals surface area contributed by atoms with Gasteiger partial charge in [0.1, 0.15) is 0 Å². The fourth-order valence-electron chi connectivity index (χ4n) is 2.88. The maximum Gasteiger partial charge on any atom is 0.0987 e. The summed E-state index contributed by atoms with van der Waals surface area (Å²) >= 11 is 7.97. The molecule has 0 fully saturated rings. The van der Waals surface area contributed by atoms with E-state index in [9.17, 15) is 0 Å². The molecule has 0 bridgehead atoms. The summed E-state index contributed by atoms with van der Waals surface area (Å²) < 4.78 is 0. The van der Waals surface area contributed by atoms with Crippen molar-refractivity contribution in [2.45, 2.75) is 13.0 Å². The van der Waals surface area contributed by atoms with Gasteiger partial charge in [0.05, 0.1) is 34.9 Å². The van der Waals surface area contributed by atoms with Gasteiger partial charge in [0.15, 0.2) is 0 Å². The van der Waals surface area contributed by atoms with Crippen LogP contribution in [0.15, 0.2) is 42.7 Å². The van der Waals surface area contributed by atoms with Crippen molar-refractivity contribution in [3.05, 3.63) is 63.3 Å². The third-order valence-electron chi connectivity index (χ3n) is 4.28. The Kier molecular flexibility index (Phi) is 5.18. The number of H-pyrrole nitrogens is 1. The maximum atomic E-state index is 6.30. The van der Waals surface area contributed by atoms with Crippen LogP contribution < -0.4 is 0 Å². The largest absolute Gasteiger partial charge is 0.302 e. The standard InChI is InChI=1S/C19H18ClN5OS/c1-25(26-2)11-13-10-22-18(27-13)9-17-14-8-12(5-6-16(14)23-24-17)19-15(20)4-3-7-21-19/h3-8,10H,9,11H2,1-2H3,(H,23,24). The first-order chi connectivity index (χ1) is 13.1. The van der Waals surface area contributed by atoms with Gasteiger partial charge >= 0.3 is 0 Å². The molecule has 0 aliphatic heterocycles. The molecule has 0 amide bonds. The zero-order chi connectivity index (χ0) is 18.8. The summed E-state index contributed by atoms with van der Waals surface area (Å²) in [5, 5.41) is 12.0. The number of fused-ring (bicyclic) bond motifs is 1. The molecule has 3 aromatic heterocycles. The van der Waals surface area contributed by atoms with Crippen LogP contribution in [0.25, 0.3) is 22.2 Å². The van der Waals surface area contributed by atoms with Crippen molar-refractivity contribution in [1.82, 2.24) is 25.2 Å². The predicted molar refractivity (Wildman–Crippen MR) is 108 cm³/mol. The molecule has 4 aromatic rings. The van der Waals surface area contributed by atoms with Crippen LogP contribution in [0.2, 0.25) is 5.02 Å². The first-order valence-corrected chi connectivity index (χ1v) is 9.60. The Morgan fingerprint density at radius 1 is 1.26 bits per heavy atom. The van der Waals surface area contributed by atoms with Gasteiger partial charge in [-0.3, -0.25) is 10.1 Å². The highest BCUT2D eigenvalue weighted by Gasteiger charge is 2.12. The molecule has 0 saturated heterocycles. The minimum Gasteiger partial charge on any atom is -0.302 e. The highest BCUT2D eigenvalue weighted by molar-refractivity contribution is 7.11. The van der Waals surface area contributed by atoms with Crippen molar-refractivity contribution in [1.29, 1.82) is 0 Å². The number of aromatic amines is 1. The lowest BCUT2D eigenvalue weighted by atomic mass is 10.1. The first-order valence-electron chi connectivity index (χ1n) is 8.41. The van der Waals surface area contributed by atoms with Crippen molar-refractivity contribution in [3.63, 3.8) is 0 Å². The summed E-state index contributed by atoms with van der Waals surface area (Å²) in [6.45, 7) is 0.709. The minimum atomic E-state index is 0.633. The molecule has 4 rings (SSSR count). The van der Waals surface area contributed by atoms with Crippen LogP contribution in [0.3, 0.4) is 0 Å². The number of halogens is 1. The quantitative estimate of drug-likeness (QED) is 0.489. The van der Waals surface area contributed by atoms with Crippen LogP contribution in [-0.4, -0.2) is 39.4 Å². The van der Waals surface area contributed by atoms with Gasteiger partial charge in [-0.25, -0.2) is 4.98 Å². The van der Waals surface area contributed by atoms with E-state index < -0.39 is 0 Å². The number of thiazole rings is 1. The van der Waals surface area contributed by atoms with E-state index in [0.717, 1.165) is 37.7 Å². The Bertz CT molecular complexity index is 1080. The number of nitrogens with one attached hydrogen (secondary N) is 1. The van der Waals surface area contributed by atoms with Crippen molar-refractivity contribution in [3.8, 4) is 11.3 Å². The van der Waals surface area contributed by atoms with E-state index in [-0.39, 0.29) is 0 Å². The molecule has 1 aromatic carbocycles. The van der Waals surface area contributed by atoms with Crippen LogP contribution in [0.5, 0.6) is 0 Å². The number of rotatable bonds is 6. The Balaban J connectivity index is 1.63. The zero-order valence-electron chi connectivity index (χ0n) is 14.9. The van der Waals surface area contributed by atoms with Gasteiger partial charge in [-0.2, -0.15) is 10.2 Å². The lowest BCUT2D eigenvalue weighted by Gasteiger charge is -2.10. The fourth-order valence-corrected chi connectivity index (χ4v) is 4.09. The maximum absolute atomic E-state index is 6.30. The zero-order valence-corrected chi connectivity index (χ0v) is 16.5. The molecule has 138 valence electrons. The van der Waals surface area contributed by atoms with Crippen LogP contribution in [0.4, 0.5) is 0 Å². The monoisotopic (exact) mass is 399 g/mol. The van der Waals surface area contributed by atoms with Crippen LogP contribution in [0, 0.1) is 0 Å². The average molecular weight is 400 g/mol. The Labute approximate surface area is 165 Å². The number of benzene rings is 1. The predicted octanol–water partition coefficient (Wildman–Crippen LogP) is 4.32. The first kappa shape index (κ1) is 18.1. The van der Waals surface area contributed by atoms with Crippen LogP contribution in [0.1, 0.15) is 15.6 Å². The van der Waals surface area contributed by atoms with Crippen LogP contribution >= 0.6 is 22.9 Å². The van der Waals surface area contributed by atoms with Crippen molar-refractivity contribution < 1.29 is 4.84 Å². The highest BCUT2D eigenvalue weighted by Crippen LogP contribution is 2.29. The van der Waals surface area contributed by atoms with Gasteiger partial charge in [-0.15, -0.1) is 11.3 Å². The van der Waals surface area contributed by atoms with E-state index >= 15 is 0 Å². The molecule has 0 atom stereocenters. The van der Waals surface area contributed by atoms with Gasteiger partial charge in [0, 0.05) is 47.4 Å². The Hall–Kier alpha value is -2.32. The number of nitrogens with zero attached hydrogens (tertiary/aromatic N) is 4. The summed E-state index contributed by atoms with van der Waals surface area (Å²) in [7, 11) is 3.55. The molecule has 27 heavy (non-hydrogen) atoms. The second-order valence-electron chi connectivity index (χ2n) is 6.13. The van der Waals surface area contributed by atoms with Crippen molar-refractivity contribution >= 4 is 33.8 Å². The number of hydrogen-bond donors (Lipinski definition) is 1. The molecule has 0 spiro atoms. The molecular weight excluding hydrogens is 382 g/mol. The second-order valence-corrected chi connectivity index (χ2v) is 7.74. The molecule has 0 aliphatic carbocycles. The van der Waals surface area contributed by atoms with Gasteiger partial charge in [0.25, 0.3) is 0 Å². The van der Waals surface area contributed by atoms with E-state index in [1.807, 2.05) is 37.5 Å². The van der Waals surface area contributed by atoms with Crippen molar-refractivity contribution in [2.24, 2.45) is 0 Å². The number of hydroxylamine groups is 2. The Morgan fingerprint density at radius 2 is 2.15 bits per heavy atom. The number of aromatic nitrogens is 4. The van der Waals surface area contributed by atoms with Gasteiger partial charge < -0.3 is 4.84 Å². The Morgan fingerprint density at radius 3 is 2.96 bits per heavy atom. The van der Waals surface area contributed by atoms with Gasteiger partial charge in [-0.1, -0.05) is 17.7 Å². The number of pyridine rings is 1. The summed E-state index contributed by atoms with van der Waals surface area (Å²) in [5.74, 6) is 0. The fraction of sp³-hybridized carbons (Fsp3) is 0.211. The molecule has 8 heteroatoms. The number of hydrogen-bond acceptors (Lipinski definition) is 6. The smallest absolute Gasteiger partial charge is 0.0987 e. The van der Waals surface area contributed by atoms with E-state index in [1.165, 1.54) is 0 Å². The second kappa shape index (κ2) is 7.74. The van der Waals surface area contributed by atoms with Gasteiger partial charge in [0.2, 0.25) is 0 Å². The van der Waals surface area contributed by atoms with Crippen molar-refractivity contribution in [2.75, 3.05) is 14.2 Å². The summed E-state index contributed by atoms with van der Waals surface area (Å²) in [6, 6.07) is 9.72. The minimum absolute atomic E-state index is 0.633. The normalized spacial score (nSPS) is 11.6.